The van der Waals surface area contributed by atoms with Crippen LogP contribution in [0.3, 0.4) is 0 Å². The zero-order chi connectivity index (χ0) is 24.6. The lowest BCUT2D eigenvalue weighted by Gasteiger charge is -2.32. The molecule has 0 spiro atoms. The summed E-state index contributed by atoms with van der Waals surface area (Å²) in [4.78, 5) is 44.1. The molecule has 8 heteroatoms. The zero-order valence-electron chi connectivity index (χ0n) is 19.6. The molecule has 3 heterocycles. The van der Waals surface area contributed by atoms with Crippen molar-refractivity contribution in [2.45, 2.75) is 25.4 Å². The summed E-state index contributed by atoms with van der Waals surface area (Å²) in [6.45, 7) is 1.29. The van der Waals surface area contributed by atoms with Crippen molar-refractivity contribution < 1.29 is 4.79 Å². The third-order valence-corrected chi connectivity index (χ3v) is 6.99. The van der Waals surface area contributed by atoms with Gasteiger partial charge in [-0.05, 0) is 36.6 Å². The molecule has 1 fully saturated rings. The molecular formula is C28H25N5O3. The molecule has 8 nitrogen and oxygen atoms in total. The van der Waals surface area contributed by atoms with E-state index in [1.54, 1.807) is 23.1 Å². The van der Waals surface area contributed by atoms with Gasteiger partial charge in [-0.2, -0.15) is 5.10 Å². The molecule has 0 bridgehead atoms. The number of H-pyrrole nitrogens is 1. The number of para-hydroxylation sites is 2. The minimum atomic E-state index is -0.219. The van der Waals surface area contributed by atoms with Crippen LogP contribution in [0, 0.1) is 0 Å². The average molecular weight is 480 g/mol. The Morgan fingerprint density at radius 1 is 0.861 bits per heavy atom. The second kappa shape index (κ2) is 8.96. The van der Waals surface area contributed by atoms with Crippen LogP contribution in [0.25, 0.3) is 21.8 Å². The average Bonchev–Trinajstić information content (AvgIpc) is 3.26. The number of amides is 1. The maximum Gasteiger partial charge on any atom is 0.326 e. The summed E-state index contributed by atoms with van der Waals surface area (Å²) in [5, 5.41) is 5.59. The molecule has 0 aliphatic carbocycles. The largest absolute Gasteiger partial charge is 0.337 e. The second-order valence-electron chi connectivity index (χ2n) is 9.18. The van der Waals surface area contributed by atoms with E-state index in [1.807, 2.05) is 65.2 Å². The SMILES string of the molecule is O=C(c1nn(Cc2ccccc2)c(=O)c2ccccc12)N1CCC(n2c(=O)[nH]c3ccccc32)CC1. The van der Waals surface area contributed by atoms with Crippen LogP contribution in [0.4, 0.5) is 0 Å². The van der Waals surface area contributed by atoms with Crippen LogP contribution in [-0.2, 0) is 6.54 Å². The zero-order valence-corrected chi connectivity index (χ0v) is 19.6. The molecule has 3 aromatic carbocycles. The van der Waals surface area contributed by atoms with Crippen molar-refractivity contribution >= 4 is 27.7 Å². The Morgan fingerprint density at radius 2 is 1.53 bits per heavy atom. The minimum Gasteiger partial charge on any atom is -0.337 e. The van der Waals surface area contributed by atoms with Gasteiger partial charge in [0.1, 0.15) is 0 Å². The number of carbonyl (C=O) groups is 1. The molecule has 6 rings (SSSR count). The molecule has 1 N–H and O–H groups in total. The Morgan fingerprint density at radius 3 is 2.31 bits per heavy atom. The van der Waals surface area contributed by atoms with Gasteiger partial charge in [0.2, 0.25) is 0 Å². The molecule has 2 aromatic heterocycles. The normalized spacial score (nSPS) is 14.5. The van der Waals surface area contributed by atoms with Gasteiger partial charge >= 0.3 is 5.69 Å². The van der Waals surface area contributed by atoms with Gasteiger partial charge in [0.05, 0.1) is 23.0 Å². The Balaban J connectivity index is 1.30. The monoisotopic (exact) mass is 479 g/mol. The number of rotatable bonds is 4. The molecular weight excluding hydrogens is 454 g/mol. The number of imidazole rings is 1. The molecule has 36 heavy (non-hydrogen) atoms. The summed E-state index contributed by atoms with van der Waals surface area (Å²) in [5.74, 6) is -0.197. The number of fused-ring (bicyclic) bond motifs is 2. The van der Waals surface area contributed by atoms with Crippen molar-refractivity contribution in [3.8, 4) is 0 Å². The summed E-state index contributed by atoms with van der Waals surface area (Å²) < 4.78 is 3.19. The Hall–Kier alpha value is -4.46. The van der Waals surface area contributed by atoms with Crippen molar-refractivity contribution in [1.82, 2.24) is 24.2 Å². The van der Waals surface area contributed by atoms with Crippen LogP contribution in [0.5, 0.6) is 0 Å². The van der Waals surface area contributed by atoms with Crippen molar-refractivity contribution in [3.05, 3.63) is 111 Å². The van der Waals surface area contributed by atoms with Gasteiger partial charge in [-0.3, -0.25) is 14.2 Å². The molecule has 1 saturated heterocycles. The lowest BCUT2D eigenvalue weighted by atomic mass is 10.0. The van der Waals surface area contributed by atoms with Gasteiger partial charge in [-0.25, -0.2) is 9.48 Å². The van der Waals surface area contributed by atoms with Crippen LogP contribution in [0.2, 0.25) is 0 Å². The highest BCUT2D eigenvalue weighted by Gasteiger charge is 2.29. The fraction of sp³-hybridized carbons (Fsp3) is 0.214. The molecule has 0 atom stereocenters. The summed E-state index contributed by atoms with van der Waals surface area (Å²) in [6.07, 6.45) is 1.32. The third-order valence-electron chi connectivity index (χ3n) is 6.99. The van der Waals surface area contributed by atoms with Crippen LogP contribution in [-0.4, -0.2) is 43.2 Å². The van der Waals surface area contributed by atoms with E-state index in [4.69, 9.17) is 0 Å². The summed E-state index contributed by atoms with van der Waals surface area (Å²) in [6, 6.07) is 24.4. The summed E-state index contributed by atoms with van der Waals surface area (Å²) in [7, 11) is 0. The van der Waals surface area contributed by atoms with E-state index in [1.165, 1.54) is 4.68 Å². The fourth-order valence-electron chi connectivity index (χ4n) is 5.17. The Bertz CT molecular complexity index is 1690. The van der Waals surface area contributed by atoms with Crippen molar-refractivity contribution in [2.75, 3.05) is 13.1 Å². The molecule has 0 saturated carbocycles. The minimum absolute atomic E-state index is 0.00874. The van der Waals surface area contributed by atoms with E-state index >= 15 is 0 Å². The number of nitrogens with one attached hydrogen (secondary N) is 1. The fourth-order valence-corrected chi connectivity index (χ4v) is 5.17. The van der Waals surface area contributed by atoms with E-state index < -0.39 is 0 Å². The molecule has 0 unspecified atom stereocenters. The molecule has 5 aromatic rings. The van der Waals surface area contributed by atoms with Crippen molar-refractivity contribution in [1.29, 1.82) is 0 Å². The number of nitrogens with zero attached hydrogens (tertiary/aromatic N) is 4. The van der Waals surface area contributed by atoms with Gasteiger partial charge in [0.25, 0.3) is 11.5 Å². The lowest BCUT2D eigenvalue weighted by molar-refractivity contribution is 0.0688. The highest BCUT2D eigenvalue weighted by atomic mass is 16.2. The van der Waals surface area contributed by atoms with Crippen molar-refractivity contribution in [3.63, 3.8) is 0 Å². The van der Waals surface area contributed by atoms with Crippen LogP contribution < -0.4 is 11.2 Å². The molecule has 1 aliphatic heterocycles. The van der Waals surface area contributed by atoms with E-state index in [0.29, 0.717) is 36.7 Å². The first kappa shape index (κ1) is 22.0. The third kappa shape index (κ3) is 3.80. The first-order valence-corrected chi connectivity index (χ1v) is 12.1. The van der Waals surface area contributed by atoms with Gasteiger partial charge in [-0.15, -0.1) is 0 Å². The van der Waals surface area contributed by atoms with E-state index in [-0.39, 0.29) is 35.4 Å². The van der Waals surface area contributed by atoms with E-state index in [2.05, 4.69) is 10.1 Å². The quantitative estimate of drug-likeness (QED) is 0.427. The number of carbonyl (C=O) groups excluding carboxylic acids is 1. The summed E-state index contributed by atoms with van der Waals surface area (Å²) in [5.41, 5.74) is 2.57. The van der Waals surface area contributed by atoms with Gasteiger partial charge in [-0.1, -0.05) is 60.7 Å². The number of aromatic amines is 1. The predicted molar refractivity (Wildman–Crippen MR) is 138 cm³/mol. The first-order valence-electron chi connectivity index (χ1n) is 12.1. The van der Waals surface area contributed by atoms with Crippen molar-refractivity contribution in [2.24, 2.45) is 0 Å². The van der Waals surface area contributed by atoms with Crippen LogP contribution in [0.1, 0.15) is 34.9 Å². The summed E-state index contributed by atoms with van der Waals surface area (Å²) >= 11 is 0. The number of benzene rings is 3. The maximum atomic E-state index is 13.7. The maximum absolute atomic E-state index is 13.7. The number of piperidine rings is 1. The number of hydrogen-bond donors (Lipinski definition) is 1. The lowest BCUT2D eigenvalue weighted by Crippen LogP contribution is -2.41. The second-order valence-corrected chi connectivity index (χ2v) is 9.18. The first-order chi connectivity index (χ1) is 17.6. The van der Waals surface area contributed by atoms with Gasteiger partial charge in [0, 0.05) is 24.5 Å². The number of likely N-dealkylation sites (tertiary alicyclic amines) is 1. The van der Waals surface area contributed by atoms with Crippen LogP contribution >= 0.6 is 0 Å². The molecule has 180 valence electrons. The van der Waals surface area contributed by atoms with Crippen LogP contribution in [0.15, 0.2) is 88.5 Å². The highest BCUT2D eigenvalue weighted by Crippen LogP contribution is 2.26. The van der Waals surface area contributed by atoms with E-state index in [0.717, 1.165) is 16.6 Å². The molecule has 1 aliphatic rings. The standard InChI is InChI=1S/C28H25N5O3/c34-26-22-11-5-4-10-21(22)25(30-32(26)18-19-8-2-1-3-9-19)27(35)31-16-14-20(15-17-31)33-24-13-7-6-12-23(24)29-28(33)36/h1-13,20H,14-18H2,(H,29,36). The van der Waals surface area contributed by atoms with Gasteiger partial charge < -0.3 is 9.88 Å². The Kier molecular flexibility index (Phi) is 5.48. The topological polar surface area (TPSA) is 93.0 Å². The van der Waals surface area contributed by atoms with E-state index in [9.17, 15) is 14.4 Å². The molecule has 0 radical (unpaired) electrons. The number of hydrogen-bond acceptors (Lipinski definition) is 4. The smallest absolute Gasteiger partial charge is 0.326 e. The Labute approximate surface area is 206 Å². The van der Waals surface area contributed by atoms with Gasteiger partial charge in [0.15, 0.2) is 5.69 Å². The number of aromatic nitrogens is 4. The highest BCUT2D eigenvalue weighted by molar-refractivity contribution is 6.04. The predicted octanol–water partition coefficient (Wildman–Crippen LogP) is 3.57. The molecule has 1 amide bonds.